The molecule has 0 bridgehead atoms. The first kappa shape index (κ1) is 59.5. The average Bonchev–Trinajstić information content (AvgIpc) is 3.27. The summed E-state index contributed by atoms with van der Waals surface area (Å²) in [4.78, 5) is 32.5. The van der Waals surface area contributed by atoms with Crippen molar-refractivity contribution in [3.05, 3.63) is 29.8 Å². The third kappa shape index (κ3) is 13.4. The Morgan fingerprint density at radius 2 is 1.62 bits per heavy atom. The van der Waals surface area contributed by atoms with E-state index in [1.807, 2.05) is 44.7 Å². The Balaban J connectivity index is 1.47. The lowest BCUT2D eigenvalue weighted by atomic mass is 9.68. The molecule has 4 fully saturated rings. The fourth-order valence-corrected chi connectivity index (χ4v) is 12.9. The zero-order valence-corrected chi connectivity index (χ0v) is 45.5. The Bertz CT molecular complexity index is 2030. The van der Waals surface area contributed by atoms with Crippen LogP contribution in [-0.4, -0.2) is 192 Å². The quantitative estimate of drug-likeness (QED) is 0.155. The average molecular weight is 1030 g/mol. The number of ether oxygens (including phenoxy) is 5. The molecule has 0 aromatic heterocycles. The van der Waals surface area contributed by atoms with Gasteiger partial charge in [-0.25, -0.2) is 12.8 Å². The van der Waals surface area contributed by atoms with Gasteiger partial charge < -0.3 is 59.4 Å². The Labute approximate surface area is 422 Å². The van der Waals surface area contributed by atoms with E-state index in [1.165, 1.54) is 26.2 Å². The van der Waals surface area contributed by atoms with Gasteiger partial charge >= 0.3 is 5.97 Å². The number of carbonyl (C=O) groups is 2. The summed E-state index contributed by atoms with van der Waals surface area (Å²) in [6, 6.07) is 3.84. The molecule has 0 spiro atoms. The molecule has 3 saturated heterocycles. The molecule has 17 nitrogen and oxygen atoms in total. The number of esters is 1. The van der Waals surface area contributed by atoms with E-state index in [4.69, 9.17) is 23.7 Å². The largest absolute Gasteiger partial charge is 0.459 e. The van der Waals surface area contributed by atoms with E-state index in [0.717, 1.165) is 6.26 Å². The van der Waals surface area contributed by atoms with Crippen LogP contribution in [0.4, 0.5) is 4.39 Å². The fourth-order valence-electron chi connectivity index (χ4n) is 12.3. The molecule has 1 aromatic carbocycles. The topological polar surface area (TPSA) is 234 Å². The van der Waals surface area contributed by atoms with Crippen molar-refractivity contribution in [2.24, 2.45) is 29.6 Å². The normalized spacial score (nSPS) is 43.1. The van der Waals surface area contributed by atoms with Crippen molar-refractivity contribution in [1.82, 2.24) is 15.1 Å². The summed E-state index contributed by atoms with van der Waals surface area (Å²) in [7, 11) is 1.76. The molecular weight excluding hydrogens is 942 g/mol. The number of alkyl halides is 1. The van der Waals surface area contributed by atoms with Gasteiger partial charge in [0.15, 0.2) is 16.1 Å². The molecule has 0 radical (unpaired) electrons. The van der Waals surface area contributed by atoms with Gasteiger partial charge in [-0.1, -0.05) is 39.8 Å². The third-order valence-corrected chi connectivity index (χ3v) is 18.0. The van der Waals surface area contributed by atoms with Gasteiger partial charge in [0, 0.05) is 50.4 Å². The molecule has 5 rings (SSSR count). The number of sulfone groups is 1. The molecule has 2 unspecified atom stereocenters. The summed E-state index contributed by atoms with van der Waals surface area (Å²) in [5.41, 5.74) is -3.92. The fraction of sp³-hybridized carbons (Fsp3) is 0.846. The number of halogens is 1. The smallest absolute Gasteiger partial charge is 0.309 e. The summed E-state index contributed by atoms with van der Waals surface area (Å²) in [5.74, 6) is -4.23. The second-order valence-electron chi connectivity index (χ2n) is 22.7. The van der Waals surface area contributed by atoms with Crippen molar-refractivity contribution >= 4 is 21.7 Å². The second kappa shape index (κ2) is 23.6. The number of carbonyl (C=O) groups excluding carboxylic acids is 2. The van der Waals surface area contributed by atoms with Crippen LogP contribution in [-0.2, 0) is 49.5 Å². The van der Waals surface area contributed by atoms with Crippen LogP contribution in [0.15, 0.2) is 29.2 Å². The Kier molecular flexibility index (Phi) is 19.8. The van der Waals surface area contributed by atoms with Crippen LogP contribution >= 0.6 is 0 Å². The minimum absolute atomic E-state index is 0.147. The first-order valence-electron chi connectivity index (χ1n) is 25.7. The molecule has 3 heterocycles. The number of hydrogen-bond acceptors (Lipinski definition) is 16. The van der Waals surface area contributed by atoms with E-state index in [9.17, 15) is 47.9 Å². The first-order chi connectivity index (χ1) is 32.9. The van der Waals surface area contributed by atoms with Crippen LogP contribution in [0.25, 0.3) is 0 Å². The van der Waals surface area contributed by atoms with Crippen molar-refractivity contribution in [3.8, 4) is 0 Å². The molecule has 1 aromatic rings. The maximum absolute atomic E-state index is 14.6. The first-order valence-corrected chi connectivity index (χ1v) is 27.6. The van der Waals surface area contributed by atoms with E-state index in [1.54, 1.807) is 53.7 Å². The molecule has 21 atom stereocenters. The van der Waals surface area contributed by atoms with Gasteiger partial charge in [0.05, 0.1) is 58.4 Å². The van der Waals surface area contributed by atoms with Gasteiger partial charge in [-0.05, 0) is 124 Å². The van der Waals surface area contributed by atoms with E-state index in [2.05, 4.69) is 5.32 Å². The Morgan fingerprint density at radius 1 is 0.986 bits per heavy atom. The van der Waals surface area contributed by atoms with Crippen molar-refractivity contribution < 1.29 is 71.6 Å². The highest BCUT2D eigenvalue weighted by atomic mass is 32.2. The van der Waals surface area contributed by atoms with Crippen molar-refractivity contribution in [1.29, 1.82) is 0 Å². The number of cyclic esters (lactones) is 1. The lowest BCUT2D eigenvalue weighted by Gasteiger charge is -2.52. The lowest BCUT2D eigenvalue weighted by molar-refractivity contribution is -0.304. The van der Waals surface area contributed by atoms with Gasteiger partial charge in [-0.2, -0.15) is 0 Å². The second-order valence-corrected chi connectivity index (χ2v) is 24.7. The van der Waals surface area contributed by atoms with Gasteiger partial charge in [0.2, 0.25) is 5.91 Å². The molecule has 71 heavy (non-hydrogen) atoms. The highest BCUT2D eigenvalue weighted by Gasteiger charge is 2.56. The number of benzene rings is 1. The molecule has 6 N–H and O–H groups in total. The summed E-state index contributed by atoms with van der Waals surface area (Å²) >= 11 is 0. The van der Waals surface area contributed by atoms with Gasteiger partial charge in [-0.3, -0.25) is 14.5 Å². The molecule has 408 valence electrons. The predicted molar refractivity (Wildman–Crippen MR) is 265 cm³/mol. The van der Waals surface area contributed by atoms with Crippen LogP contribution in [0.1, 0.15) is 113 Å². The van der Waals surface area contributed by atoms with Crippen LogP contribution < -0.4 is 5.32 Å². The number of hydrogen-bond donors (Lipinski definition) is 6. The maximum atomic E-state index is 14.6. The SMILES string of the molecule is CC[C@H]1OC(=O)[C@H](C)[C@@H](C2C[C@@](C)(OC)[C@@H](O)[C@H](C)O2)[C@H](C)[C@@H](O[C@@H]2O[C@H](C)C[C@H](N(C)C3CC[C@@H]3C(=O)N[C@H](CF)Cc3ccc(S(C)(=O)=O)cc3)[C@H]2O)[C@](C)(O)C[C@@H](C)CN(C)[C@H](C)[C@@H](O)[C@]1(C)O. The van der Waals surface area contributed by atoms with Crippen LogP contribution in [0, 0.1) is 29.6 Å². The van der Waals surface area contributed by atoms with Crippen molar-refractivity contribution in [3.63, 3.8) is 0 Å². The Hall–Kier alpha value is -2.40. The standard InChI is InChI=1S/C52H88FN3O14S/c1-15-41-52(10,63)44(58)32(6)55(11)27-28(2)24-50(8,62)46(30(4)42(31(5)48(61)69-41)40-25-51(9,66-13)45(59)33(7)68-40)70-49-43(57)39(22-29(3)67-49)56(12)38-21-20-37(38)47(60)54-35(26-53)23-34-16-18-36(19-17-34)71(14,64)65/h16-19,28-33,35,37-46,49,57-59,62-63H,15,20-27H2,1-14H3,(H,54,60)/t28-,29-,30+,31-,32-,33+,35+,37+,38?,39+,40?,41-,42+,43-,44-,45+,46-,49+,50-,51-,52-/m1/s1. The molecule has 1 aliphatic carbocycles. The highest BCUT2D eigenvalue weighted by molar-refractivity contribution is 7.90. The van der Waals surface area contributed by atoms with E-state index < -0.39 is 136 Å². The lowest BCUT2D eigenvalue weighted by Crippen LogP contribution is -2.64. The number of aliphatic hydroxyl groups is 5. The van der Waals surface area contributed by atoms with E-state index in [0.29, 0.717) is 31.4 Å². The monoisotopic (exact) mass is 1030 g/mol. The molecule has 1 saturated carbocycles. The third-order valence-electron chi connectivity index (χ3n) is 16.9. The number of rotatable bonds is 13. The Morgan fingerprint density at radius 3 is 2.17 bits per heavy atom. The van der Waals surface area contributed by atoms with Crippen molar-refractivity contribution in [2.45, 2.75) is 215 Å². The highest BCUT2D eigenvalue weighted by Crippen LogP contribution is 2.45. The predicted octanol–water partition coefficient (Wildman–Crippen LogP) is 3.42. The van der Waals surface area contributed by atoms with E-state index in [-0.39, 0.29) is 48.4 Å². The molecule has 1 amide bonds. The zero-order valence-electron chi connectivity index (χ0n) is 44.7. The van der Waals surface area contributed by atoms with Crippen LogP contribution in [0.5, 0.6) is 0 Å². The maximum Gasteiger partial charge on any atom is 0.309 e. The summed E-state index contributed by atoms with van der Waals surface area (Å²) < 4.78 is 70.4. The van der Waals surface area contributed by atoms with Crippen LogP contribution in [0.3, 0.4) is 0 Å². The minimum atomic E-state index is -3.41. The minimum Gasteiger partial charge on any atom is -0.459 e. The number of likely N-dealkylation sites (N-methyl/N-ethyl adjacent to an activating group) is 2. The van der Waals surface area contributed by atoms with Crippen LogP contribution in [0.2, 0.25) is 0 Å². The number of aliphatic hydroxyl groups excluding tert-OH is 3. The van der Waals surface area contributed by atoms with Gasteiger partial charge in [0.25, 0.3) is 0 Å². The van der Waals surface area contributed by atoms with Gasteiger partial charge in [-0.15, -0.1) is 0 Å². The van der Waals surface area contributed by atoms with Crippen molar-refractivity contribution in [2.75, 3.05) is 40.7 Å². The van der Waals surface area contributed by atoms with E-state index >= 15 is 0 Å². The number of amides is 1. The number of nitrogens with zero attached hydrogens (tertiary/aromatic N) is 2. The summed E-state index contributed by atoms with van der Waals surface area (Å²) in [5, 5.41) is 63.1. The molecular formula is C52H88FN3O14S. The number of methoxy groups -OCH3 is 1. The zero-order chi connectivity index (χ0) is 53.3. The summed E-state index contributed by atoms with van der Waals surface area (Å²) in [6.07, 6.45) is -5.76. The molecule has 3 aliphatic heterocycles. The number of nitrogens with one attached hydrogen (secondary N) is 1. The molecule has 19 heteroatoms. The molecule has 4 aliphatic rings. The van der Waals surface area contributed by atoms with Gasteiger partial charge in [0.1, 0.15) is 36.7 Å². The summed E-state index contributed by atoms with van der Waals surface area (Å²) in [6.45, 7) is 17.2.